The van der Waals surface area contributed by atoms with Crippen LogP contribution in [0.4, 0.5) is 4.79 Å². The van der Waals surface area contributed by atoms with E-state index < -0.39 is 0 Å². The van der Waals surface area contributed by atoms with Gasteiger partial charge in [0.25, 0.3) is 0 Å². The molecule has 1 amide bonds. The van der Waals surface area contributed by atoms with Crippen molar-refractivity contribution >= 4 is 6.03 Å². The van der Waals surface area contributed by atoms with Gasteiger partial charge in [-0.15, -0.1) is 0 Å². The summed E-state index contributed by atoms with van der Waals surface area (Å²) in [7, 11) is 0. The van der Waals surface area contributed by atoms with E-state index in [1.165, 1.54) is 4.68 Å². The molecule has 118 valence electrons. The normalized spacial score (nSPS) is 10.7. The van der Waals surface area contributed by atoms with Crippen LogP contribution in [-0.4, -0.2) is 27.5 Å². The second kappa shape index (κ2) is 6.48. The third-order valence-corrected chi connectivity index (χ3v) is 3.49. The molecule has 0 spiro atoms. The number of hydrogen-bond acceptors (Lipinski definition) is 4. The zero-order valence-electron chi connectivity index (χ0n) is 13.1. The topological polar surface area (TPSA) is 73.0 Å². The van der Waals surface area contributed by atoms with Crippen molar-refractivity contribution in [3.05, 3.63) is 48.4 Å². The van der Waals surface area contributed by atoms with Crippen LogP contribution in [0.5, 0.6) is 0 Å². The highest BCUT2D eigenvalue weighted by molar-refractivity contribution is 5.81. The van der Waals surface area contributed by atoms with Gasteiger partial charge in [-0.25, -0.2) is 4.79 Å². The van der Waals surface area contributed by atoms with Crippen molar-refractivity contribution in [3.8, 4) is 22.5 Å². The van der Waals surface area contributed by atoms with E-state index in [9.17, 15) is 4.79 Å². The molecule has 3 aromatic rings. The molecule has 0 aliphatic heterocycles. The predicted molar refractivity (Wildman–Crippen MR) is 87.0 cm³/mol. The Kier molecular flexibility index (Phi) is 4.23. The van der Waals surface area contributed by atoms with Gasteiger partial charge in [0.2, 0.25) is 0 Å². The predicted octanol–water partition coefficient (Wildman–Crippen LogP) is 3.48. The van der Waals surface area contributed by atoms with Crippen molar-refractivity contribution in [1.82, 2.24) is 20.3 Å². The lowest BCUT2D eigenvalue weighted by Crippen LogP contribution is -2.29. The Morgan fingerprint density at radius 3 is 2.78 bits per heavy atom. The maximum Gasteiger partial charge on any atom is 0.342 e. The fourth-order valence-electron chi connectivity index (χ4n) is 2.35. The zero-order chi connectivity index (χ0) is 16.2. The molecule has 2 heterocycles. The smallest absolute Gasteiger partial charge is 0.342 e. The zero-order valence-corrected chi connectivity index (χ0v) is 13.1. The molecule has 0 saturated heterocycles. The van der Waals surface area contributed by atoms with Crippen LogP contribution in [0, 0.1) is 6.92 Å². The SMILES string of the molecule is CCCNC(=O)n1ccc(-c2c(-c3ccccc3)noc2C)n1. The summed E-state index contributed by atoms with van der Waals surface area (Å²) in [6, 6.07) is 11.3. The lowest BCUT2D eigenvalue weighted by molar-refractivity contribution is 0.239. The number of hydrogen-bond donors (Lipinski definition) is 1. The minimum Gasteiger partial charge on any atom is -0.360 e. The summed E-state index contributed by atoms with van der Waals surface area (Å²) in [5, 5.41) is 11.3. The Morgan fingerprint density at radius 1 is 1.26 bits per heavy atom. The van der Waals surface area contributed by atoms with Gasteiger partial charge in [-0.3, -0.25) is 0 Å². The van der Waals surface area contributed by atoms with Crippen LogP contribution in [0.15, 0.2) is 47.1 Å². The number of carbonyl (C=O) groups excluding carboxylic acids is 1. The van der Waals surface area contributed by atoms with Crippen molar-refractivity contribution in [2.24, 2.45) is 0 Å². The third kappa shape index (κ3) is 3.01. The number of aromatic nitrogens is 3. The van der Waals surface area contributed by atoms with Crippen molar-refractivity contribution in [2.75, 3.05) is 6.54 Å². The van der Waals surface area contributed by atoms with Gasteiger partial charge in [0, 0.05) is 18.3 Å². The molecule has 0 aliphatic carbocycles. The summed E-state index contributed by atoms with van der Waals surface area (Å²) in [5.74, 6) is 0.670. The molecular weight excluding hydrogens is 292 g/mol. The average molecular weight is 310 g/mol. The minimum atomic E-state index is -0.242. The van der Waals surface area contributed by atoms with E-state index in [-0.39, 0.29) is 6.03 Å². The van der Waals surface area contributed by atoms with Gasteiger partial charge in [-0.1, -0.05) is 42.4 Å². The number of aryl methyl sites for hydroxylation is 1. The van der Waals surface area contributed by atoms with Crippen LogP contribution in [-0.2, 0) is 0 Å². The Hall–Kier alpha value is -2.89. The van der Waals surface area contributed by atoms with Gasteiger partial charge in [0.05, 0.1) is 11.3 Å². The Morgan fingerprint density at radius 2 is 2.04 bits per heavy atom. The third-order valence-electron chi connectivity index (χ3n) is 3.49. The molecule has 0 bridgehead atoms. The van der Waals surface area contributed by atoms with Gasteiger partial charge in [-0.05, 0) is 19.4 Å². The van der Waals surface area contributed by atoms with Crippen molar-refractivity contribution in [3.63, 3.8) is 0 Å². The maximum atomic E-state index is 12.0. The Bertz CT molecular complexity index is 805. The molecule has 1 aromatic carbocycles. The van der Waals surface area contributed by atoms with E-state index in [0.717, 1.165) is 23.2 Å². The highest BCUT2D eigenvalue weighted by atomic mass is 16.5. The molecule has 0 unspecified atom stereocenters. The molecule has 6 heteroatoms. The van der Waals surface area contributed by atoms with Crippen molar-refractivity contribution in [1.29, 1.82) is 0 Å². The summed E-state index contributed by atoms with van der Waals surface area (Å²) in [5.41, 5.74) is 3.14. The highest BCUT2D eigenvalue weighted by Gasteiger charge is 2.19. The second-order valence-corrected chi connectivity index (χ2v) is 5.21. The molecule has 23 heavy (non-hydrogen) atoms. The lowest BCUT2D eigenvalue weighted by atomic mass is 10.0. The molecular formula is C17H18N4O2. The Balaban J connectivity index is 1.96. The fraction of sp³-hybridized carbons (Fsp3) is 0.235. The van der Waals surface area contributed by atoms with Crippen LogP contribution >= 0.6 is 0 Å². The van der Waals surface area contributed by atoms with Gasteiger partial charge in [0.15, 0.2) is 0 Å². The number of nitrogens with zero attached hydrogens (tertiary/aromatic N) is 3. The molecule has 0 fully saturated rings. The number of nitrogens with one attached hydrogen (secondary N) is 1. The van der Waals surface area contributed by atoms with Crippen LogP contribution < -0.4 is 5.32 Å². The van der Waals surface area contributed by atoms with Crippen LogP contribution in [0.2, 0.25) is 0 Å². The quantitative estimate of drug-likeness (QED) is 0.800. The van der Waals surface area contributed by atoms with Crippen LogP contribution in [0.3, 0.4) is 0 Å². The Labute approximate surface area is 134 Å². The standard InChI is InChI=1S/C17H18N4O2/c1-3-10-18-17(22)21-11-9-14(19-21)15-12(2)23-20-16(15)13-7-5-4-6-8-13/h4-9,11H,3,10H2,1-2H3,(H,18,22). The summed E-state index contributed by atoms with van der Waals surface area (Å²) in [4.78, 5) is 12.0. The number of rotatable bonds is 4. The first-order valence-corrected chi connectivity index (χ1v) is 7.56. The molecule has 2 aromatic heterocycles. The fourth-order valence-corrected chi connectivity index (χ4v) is 2.35. The van der Waals surface area contributed by atoms with E-state index in [1.54, 1.807) is 12.3 Å². The highest BCUT2D eigenvalue weighted by Crippen LogP contribution is 2.32. The molecule has 0 radical (unpaired) electrons. The van der Waals surface area contributed by atoms with Crippen molar-refractivity contribution < 1.29 is 9.32 Å². The summed E-state index contributed by atoms with van der Waals surface area (Å²) < 4.78 is 6.64. The molecule has 0 saturated carbocycles. The summed E-state index contributed by atoms with van der Waals surface area (Å²) in [6.07, 6.45) is 2.52. The largest absolute Gasteiger partial charge is 0.360 e. The van der Waals surface area contributed by atoms with Crippen LogP contribution in [0.25, 0.3) is 22.5 Å². The van der Waals surface area contributed by atoms with E-state index in [2.05, 4.69) is 15.6 Å². The van der Waals surface area contributed by atoms with Gasteiger partial charge in [0.1, 0.15) is 11.5 Å². The molecule has 3 rings (SSSR count). The maximum absolute atomic E-state index is 12.0. The first kappa shape index (κ1) is 15.0. The molecule has 0 atom stereocenters. The first-order chi connectivity index (χ1) is 11.2. The van der Waals surface area contributed by atoms with Gasteiger partial charge in [-0.2, -0.15) is 9.78 Å². The van der Waals surface area contributed by atoms with Crippen LogP contribution in [0.1, 0.15) is 19.1 Å². The molecule has 6 nitrogen and oxygen atoms in total. The lowest BCUT2D eigenvalue weighted by Gasteiger charge is -2.02. The second-order valence-electron chi connectivity index (χ2n) is 5.21. The van der Waals surface area contributed by atoms with E-state index in [4.69, 9.17) is 4.52 Å². The number of carbonyl (C=O) groups is 1. The molecule has 0 aliphatic rings. The van der Waals surface area contributed by atoms with Gasteiger partial charge < -0.3 is 9.84 Å². The van der Waals surface area contributed by atoms with E-state index >= 15 is 0 Å². The van der Waals surface area contributed by atoms with Crippen molar-refractivity contribution in [2.45, 2.75) is 20.3 Å². The van der Waals surface area contributed by atoms with E-state index in [1.807, 2.05) is 44.2 Å². The monoisotopic (exact) mass is 310 g/mol. The number of benzene rings is 1. The number of amides is 1. The minimum absolute atomic E-state index is 0.242. The average Bonchev–Trinajstić information content (AvgIpc) is 3.20. The first-order valence-electron chi connectivity index (χ1n) is 7.56. The van der Waals surface area contributed by atoms with E-state index in [0.29, 0.717) is 18.0 Å². The summed E-state index contributed by atoms with van der Waals surface area (Å²) in [6.45, 7) is 4.46. The molecule has 1 N–H and O–H groups in total. The van der Waals surface area contributed by atoms with Gasteiger partial charge >= 0.3 is 6.03 Å². The summed E-state index contributed by atoms with van der Waals surface area (Å²) >= 11 is 0.